The monoisotopic (exact) mass is 460 g/mol. The van der Waals surface area contributed by atoms with Gasteiger partial charge in [0, 0.05) is 5.16 Å². The van der Waals surface area contributed by atoms with Crippen LogP contribution in [0.2, 0.25) is 0 Å². The molecule has 2 aromatic carbocycles. The summed E-state index contributed by atoms with van der Waals surface area (Å²) in [6, 6.07) is 8.11. The molecular weight excluding hydrogens is 450 g/mol. The summed E-state index contributed by atoms with van der Waals surface area (Å²) >= 11 is 0. The molecule has 0 aliphatic heterocycles. The van der Waals surface area contributed by atoms with Crippen LogP contribution in [0, 0.1) is 10.1 Å². The lowest BCUT2D eigenvalue weighted by Crippen LogP contribution is -2.25. The molecule has 0 unspecified atom stereocenters. The van der Waals surface area contributed by atoms with Crippen LogP contribution in [0.3, 0.4) is 0 Å². The van der Waals surface area contributed by atoms with Gasteiger partial charge in [-0.15, -0.1) is 4.63 Å². The predicted octanol–water partition coefficient (Wildman–Crippen LogP) is 5.23. The van der Waals surface area contributed by atoms with Gasteiger partial charge in [-0.3, -0.25) is 0 Å². The van der Waals surface area contributed by atoms with Crippen LogP contribution >= 0.6 is 0 Å². The van der Waals surface area contributed by atoms with Gasteiger partial charge in [-0.25, -0.2) is 0 Å². The minimum Gasteiger partial charge on any atom is -0.358 e. The van der Waals surface area contributed by atoms with Crippen molar-refractivity contribution >= 4 is 29.0 Å². The van der Waals surface area contributed by atoms with E-state index in [2.05, 4.69) is 30.6 Å². The average molecular weight is 460 g/mol. The zero-order valence-corrected chi connectivity index (χ0v) is 15.4. The van der Waals surface area contributed by atoms with E-state index < -0.39 is 57.4 Å². The van der Waals surface area contributed by atoms with Crippen LogP contribution in [0.4, 0.5) is 49.4 Å². The Morgan fingerprint density at radius 2 is 1.34 bits per heavy atom. The summed E-state index contributed by atoms with van der Waals surface area (Å²) in [7, 11) is 0. The Kier molecular flexibility index (Phi) is 6.00. The van der Waals surface area contributed by atoms with Gasteiger partial charge in [-0.05, 0) is 29.2 Å². The molecule has 0 amide bonds. The topological polar surface area (TPSA) is 118 Å². The van der Waals surface area contributed by atoms with Gasteiger partial charge in [0.05, 0.1) is 22.5 Å². The molecule has 0 saturated carbocycles. The van der Waals surface area contributed by atoms with Gasteiger partial charge in [0.1, 0.15) is 0 Å². The standard InChI is InChI=1S/C17H10F6N6O3/c18-16(19,20)9-5-1-3-7-11(9)24-15(26-13-14(29(30)31)28-32-27-13)25-12-8-4-2-6-10(12)17(21,22)23/h1-8H,(H2,24,25,26,27). The Morgan fingerprint density at radius 1 is 0.875 bits per heavy atom. The number of aromatic nitrogens is 2. The summed E-state index contributed by atoms with van der Waals surface area (Å²) < 4.78 is 84.1. The third kappa shape index (κ3) is 5.11. The molecule has 0 aliphatic carbocycles. The van der Waals surface area contributed by atoms with Crippen LogP contribution < -0.4 is 10.6 Å². The Bertz CT molecular complexity index is 1100. The number of guanidine groups is 1. The summed E-state index contributed by atoms with van der Waals surface area (Å²) in [6.07, 6.45) is -9.64. The Labute approximate surface area is 173 Å². The lowest BCUT2D eigenvalue weighted by atomic mass is 10.1. The maximum absolute atomic E-state index is 13.3. The normalized spacial score (nSPS) is 11.7. The largest absolute Gasteiger partial charge is 0.461 e. The van der Waals surface area contributed by atoms with Crippen molar-refractivity contribution in [1.29, 1.82) is 0 Å². The fraction of sp³-hybridized carbons (Fsp3) is 0.118. The summed E-state index contributed by atoms with van der Waals surface area (Å²) in [4.78, 5) is 13.6. The van der Waals surface area contributed by atoms with Crippen LogP contribution in [0.25, 0.3) is 0 Å². The van der Waals surface area contributed by atoms with Crippen molar-refractivity contribution in [3.8, 4) is 0 Å². The van der Waals surface area contributed by atoms with E-state index in [4.69, 9.17) is 0 Å². The van der Waals surface area contributed by atoms with E-state index in [0.29, 0.717) is 0 Å². The molecule has 168 valence electrons. The molecule has 3 rings (SSSR count). The van der Waals surface area contributed by atoms with E-state index in [1.807, 2.05) is 0 Å². The number of hydrogen-bond acceptors (Lipinski definition) is 6. The van der Waals surface area contributed by atoms with Gasteiger partial charge in [0.2, 0.25) is 5.96 Å². The second kappa shape index (κ2) is 8.52. The van der Waals surface area contributed by atoms with Crippen LogP contribution in [-0.4, -0.2) is 21.2 Å². The van der Waals surface area contributed by atoms with E-state index in [1.165, 1.54) is 12.1 Å². The van der Waals surface area contributed by atoms with E-state index in [9.17, 15) is 36.5 Å². The van der Waals surface area contributed by atoms with Crippen LogP contribution in [0.1, 0.15) is 11.1 Å². The molecule has 15 heteroatoms. The van der Waals surface area contributed by atoms with Crippen molar-refractivity contribution in [2.45, 2.75) is 12.4 Å². The molecule has 0 fully saturated rings. The van der Waals surface area contributed by atoms with Gasteiger partial charge in [-0.1, -0.05) is 24.3 Å². The number of nitro groups is 1. The van der Waals surface area contributed by atoms with Gasteiger partial charge in [-0.2, -0.15) is 31.3 Å². The highest BCUT2D eigenvalue weighted by atomic mass is 19.4. The molecular formula is C17H10F6N6O3. The van der Waals surface area contributed by atoms with Crippen molar-refractivity contribution in [3.63, 3.8) is 0 Å². The van der Waals surface area contributed by atoms with Gasteiger partial charge in [0.15, 0.2) is 5.16 Å². The van der Waals surface area contributed by atoms with Crippen LogP contribution in [0.15, 0.2) is 58.2 Å². The van der Waals surface area contributed by atoms with Crippen molar-refractivity contribution in [3.05, 3.63) is 69.8 Å². The highest BCUT2D eigenvalue weighted by Crippen LogP contribution is 2.36. The summed E-state index contributed by atoms with van der Waals surface area (Å²) in [6.45, 7) is 0. The SMILES string of the molecule is O=[N+]([O-])c1nonc1N=C(Nc1ccccc1C(F)(F)F)Nc1ccccc1C(F)(F)F. The minimum atomic E-state index is -4.82. The Morgan fingerprint density at radius 3 is 1.78 bits per heavy atom. The van der Waals surface area contributed by atoms with E-state index in [1.54, 1.807) is 0 Å². The number of anilines is 2. The second-order valence-corrected chi connectivity index (χ2v) is 5.97. The van der Waals surface area contributed by atoms with Crippen molar-refractivity contribution in [2.75, 3.05) is 10.6 Å². The zero-order chi connectivity index (χ0) is 23.5. The number of halogens is 6. The predicted molar refractivity (Wildman–Crippen MR) is 98.2 cm³/mol. The van der Waals surface area contributed by atoms with Gasteiger partial charge in [0.25, 0.3) is 0 Å². The van der Waals surface area contributed by atoms with Crippen molar-refractivity contribution in [2.24, 2.45) is 4.99 Å². The first-order valence-corrected chi connectivity index (χ1v) is 8.39. The molecule has 32 heavy (non-hydrogen) atoms. The fourth-order valence-electron chi connectivity index (χ4n) is 2.49. The van der Waals surface area contributed by atoms with Crippen LogP contribution in [-0.2, 0) is 12.4 Å². The summed E-state index contributed by atoms with van der Waals surface area (Å²) in [5, 5.41) is 21.5. The number of para-hydroxylation sites is 2. The Hall–Kier alpha value is -4.17. The number of aliphatic imine (C=N–C) groups is 1. The molecule has 0 atom stereocenters. The van der Waals surface area contributed by atoms with Gasteiger partial charge < -0.3 is 20.7 Å². The second-order valence-electron chi connectivity index (χ2n) is 5.97. The van der Waals surface area contributed by atoms with E-state index in [-0.39, 0.29) is 0 Å². The number of rotatable bonds is 4. The molecule has 0 radical (unpaired) electrons. The van der Waals surface area contributed by atoms with Crippen LogP contribution in [0.5, 0.6) is 0 Å². The first kappa shape index (κ1) is 22.5. The number of nitrogens with zero attached hydrogens (tertiary/aromatic N) is 4. The molecule has 9 nitrogen and oxygen atoms in total. The molecule has 2 N–H and O–H groups in total. The maximum atomic E-state index is 13.3. The van der Waals surface area contributed by atoms with E-state index >= 15 is 0 Å². The maximum Gasteiger partial charge on any atom is 0.461 e. The van der Waals surface area contributed by atoms with E-state index in [0.717, 1.165) is 36.4 Å². The third-order valence-electron chi connectivity index (χ3n) is 3.82. The number of alkyl halides is 6. The molecule has 0 aliphatic rings. The summed E-state index contributed by atoms with van der Waals surface area (Å²) in [5.74, 6) is -2.53. The first-order chi connectivity index (χ1) is 15.0. The fourth-order valence-corrected chi connectivity index (χ4v) is 2.49. The molecule has 1 heterocycles. The van der Waals surface area contributed by atoms with Crippen molar-refractivity contribution < 1.29 is 35.9 Å². The molecule has 0 bridgehead atoms. The lowest BCUT2D eigenvalue weighted by Gasteiger charge is -2.18. The first-order valence-electron chi connectivity index (χ1n) is 8.39. The third-order valence-corrected chi connectivity index (χ3v) is 3.82. The highest BCUT2D eigenvalue weighted by Gasteiger charge is 2.35. The van der Waals surface area contributed by atoms with Crippen molar-refractivity contribution in [1.82, 2.24) is 10.3 Å². The Balaban J connectivity index is 2.10. The van der Waals surface area contributed by atoms with Gasteiger partial charge >= 0.3 is 24.0 Å². The number of hydrogen-bond donors (Lipinski definition) is 2. The highest BCUT2D eigenvalue weighted by molar-refractivity contribution is 6.05. The smallest absolute Gasteiger partial charge is 0.358 e. The molecule has 3 aromatic rings. The lowest BCUT2D eigenvalue weighted by molar-refractivity contribution is -0.390. The number of benzene rings is 2. The number of nitrogens with one attached hydrogen (secondary N) is 2. The molecule has 1 aromatic heterocycles. The summed E-state index contributed by atoms with van der Waals surface area (Å²) in [5.41, 5.74) is -3.50. The zero-order valence-electron chi connectivity index (χ0n) is 15.4. The average Bonchev–Trinajstić information content (AvgIpc) is 3.15. The molecule has 0 spiro atoms. The molecule has 0 saturated heterocycles. The minimum absolute atomic E-state index is 0.588. The quantitative estimate of drug-likeness (QED) is 0.180.